The summed E-state index contributed by atoms with van der Waals surface area (Å²) in [5.74, 6) is 5.29. The number of nitrogens with one attached hydrogen (secondary N) is 1. The van der Waals surface area contributed by atoms with Crippen molar-refractivity contribution in [2.24, 2.45) is 5.73 Å². The third-order valence-electron chi connectivity index (χ3n) is 2.90. The molecule has 0 saturated heterocycles. The van der Waals surface area contributed by atoms with E-state index in [-0.39, 0.29) is 24.9 Å². The first-order valence-corrected chi connectivity index (χ1v) is 6.25. The molecular formula is C15H19N3O2. The second-order valence-electron chi connectivity index (χ2n) is 4.32. The largest absolute Gasteiger partial charge is 0.358 e. The number of benzene rings is 1. The van der Waals surface area contributed by atoms with E-state index in [4.69, 9.17) is 5.73 Å². The van der Waals surface area contributed by atoms with E-state index in [0.29, 0.717) is 5.56 Å². The third-order valence-corrected chi connectivity index (χ3v) is 2.90. The Labute approximate surface area is 119 Å². The molecule has 0 aliphatic rings. The van der Waals surface area contributed by atoms with Gasteiger partial charge >= 0.3 is 0 Å². The molecule has 2 amide bonds. The number of hydrogen-bond acceptors (Lipinski definition) is 3. The zero-order chi connectivity index (χ0) is 15.1. The first-order valence-electron chi connectivity index (χ1n) is 6.25. The highest BCUT2D eigenvalue weighted by Gasteiger charge is 2.17. The Morgan fingerprint density at radius 3 is 2.70 bits per heavy atom. The van der Waals surface area contributed by atoms with Gasteiger partial charge in [-0.3, -0.25) is 9.59 Å². The van der Waals surface area contributed by atoms with Crippen molar-refractivity contribution in [3.05, 3.63) is 34.9 Å². The van der Waals surface area contributed by atoms with Crippen LogP contribution in [0.2, 0.25) is 0 Å². The Morgan fingerprint density at radius 1 is 1.40 bits per heavy atom. The smallest absolute Gasteiger partial charge is 0.254 e. The molecular weight excluding hydrogens is 254 g/mol. The van der Waals surface area contributed by atoms with Gasteiger partial charge in [-0.05, 0) is 24.6 Å². The topological polar surface area (TPSA) is 75.4 Å². The summed E-state index contributed by atoms with van der Waals surface area (Å²) in [5.41, 5.74) is 7.46. The molecule has 0 atom stereocenters. The number of likely N-dealkylation sites (N-methyl/N-ethyl adjacent to an activating group) is 2. The molecule has 0 bridgehead atoms. The minimum atomic E-state index is -0.211. The maximum atomic E-state index is 12.3. The van der Waals surface area contributed by atoms with Gasteiger partial charge in [-0.1, -0.05) is 17.9 Å². The lowest BCUT2D eigenvalue weighted by Gasteiger charge is -2.17. The van der Waals surface area contributed by atoms with Gasteiger partial charge in [0.15, 0.2) is 0 Å². The first kappa shape index (κ1) is 15.7. The van der Waals surface area contributed by atoms with Crippen LogP contribution in [0.25, 0.3) is 0 Å². The average Bonchev–Trinajstić information content (AvgIpc) is 2.45. The highest BCUT2D eigenvalue weighted by molar-refractivity contribution is 5.98. The molecule has 0 fully saturated rings. The molecule has 0 spiro atoms. The van der Waals surface area contributed by atoms with E-state index < -0.39 is 0 Å². The SMILES string of the molecule is CNC(=O)CN(C)C(=O)c1cccc(C#CCN)c1C. The molecule has 5 heteroatoms. The molecule has 106 valence electrons. The number of carbonyl (C=O) groups excluding carboxylic acids is 2. The number of nitrogens with zero attached hydrogens (tertiary/aromatic N) is 1. The van der Waals surface area contributed by atoms with E-state index in [1.165, 1.54) is 11.9 Å². The van der Waals surface area contributed by atoms with Gasteiger partial charge < -0.3 is 16.0 Å². The van der Waals surface area contributed by atoms with Gasteiger partial charge in [0, 0.05) is 25.2 Å². The van der Waals surface area contributed by atoms with E-state index >= 15 is 0 Å². The Hall–Kier alpha value is -2.32. The van der Waals surface area contributed by atoms with Crippen molar-refractivity contribution in [3.63, 3.8) is 0 Å². The van der Waals surface area contributed by atoms with Crippen molar-refractivity contribution >= 4 is 11.8 Å². The number of nitrogens with two attached hydrogens (primary N) is 1. The second kappa shape index (κ2) is 7.31. The molecule has 1 rings (SSSR count). The van der Waals surface area contributed by atoms with Crippen LogP contribution in [0.15, 0.2) is 18.2 Å². The fourth-order valence-electron chi connectivity index (χ4n) is 1.72. The number of rotatable bonds is 3. The van der Waals surface area contributed by atoms with Crippen LogP contribution in [0.3, 0.4) is 0 Å². The van der Waals surface area contributed by atoms with E-state index in [9.17, 15) is 9.59 Å². The fraction of sp³-hybridized carbons (Fsp3) is 0.333. The predicted molar refractivity (Wildman–Crippen MR) is 78.1 cm³/mol. The summed E-state index contributed by atoms with van der Waals surface area (Å²) in [4.78, 5) is 25.0. The lowest BCUT2D eigenvalue weighted by molar-refractivity contribution is -0.121. The van der Waals surface area contributed by atoms with Crippen LogP contribution in [0.5, 0.6) is 0 Å². The van der Waals surface area contributed by atoms with Crippen LogP contribution in [0.1, 0.15) is 21.5 Å². The van der Waals surface area contributed by atoms with Gasteiger partial charge in [0.05, 0.1) is 13.1 Å². The molecule has 3 N–H and O–H groups in total. The lowest BCUT2D eigenvalue weighted by Crippen LogP contribution is -2.37. The van der Waals surface area contributed by atoms with Crippen LogP contribution >= 0.6 is 0 Å². The van der Waals surface area contributed by atoms with Crippen molar-refractivity contribution in [1.29, 1.82) is 0 Å². The summed E-state index contributed by atoms with van der Waals surface area (Å²) in [6, 6.07) is 5.34. The van der Waals surface area contributed by atoms with Gasteiger partial charge in [0.2, 0.25) is 5.91 Å². The van der Waals surface area contributed by atoms with Gasteiger partial charge in [0.25, 0.3) is 5.91 Å². The van der Waals surface area contributed by atoms with Crippen molar-refractivity contribution in [3.8, 4) is 11.8 Å². The Kier molecular flexibility index (Phi) is 5.75. The summed E-state index contributed by atoms with van der Waals surface area (Å²) in [7, 11) is 3.13. The standard InChI is InChI=1S/C15H19N3O2/c1-11-12(7-5-9-16)6-4-8-13(11)15(20)18(3)10-14(19)17-2/h4,6,8H,9-10,16H2,1-3H3,(H,17,19). The van der Waals surface area contributed by atoms with E-state index in [0.717, 1.165) is 11.1 Å². The van der Waals surface area contributed by atoms with Crippen LogP contribution in [-0.2, 0) is 4.79 Å². The minimum absolute atomic E-state index is 0.0213. The van der Waals surface area contributed by atoms with Crippen LogP contribution in [-0.4, -0.2) is 43.9 Å². The maximum absolute atomic E-state index is 12.3. The van der Waals surface area contributed by atoms with Crippen molar-refractivity contribution in [2.75, 3.05) is 27.2 Å². The molecule has 0 radical (unpaired) electrons. The van der Waals surface area contributed by atoms with E-state index in [1.54, 1.807) is 19.2 Å². The molecule has 0 heterocycles. The van der Waals surface area contributed by atoms with Gasteiger partial charge in [0.1, 0.15) is 0 Å². The summed E-state index contributed by atoms with van der Waals surface area (Å²) >= 11 is 0. The summed E-state index contributed by atoms with van der Waals surface area (Å²) < 4.78 is 0. The number of hydrogen-bond donors (Lipinski definition) is 2. The van der Waals surface area contributed by atoms with Crippen LogP contribution < -0.4 is 11.1 Å². The molecule has 0 aromatic heterocycles. The van der Waals surface area contributed by atoms with E-state index in [1.807, 2.05) is 13.0 Å². The minimum Gasteiger partial charge on any atom is -0.358 e. The normalized spacial score (nSPS) is 9.40. The Morgan fingerprint density at radius 2 is 2.10 bits per heavy atom. The molecule has 1 aromatic rings. The van der Waals surface area contributed by atoms with Crippen molar-refractivity contribution in [2.45, 2.75) is 6.92 Å². The summed E-state index contributed by atoms with van der Waals surface area (Å²) in [6.07, 6.45) is 0. The zero-order valence-electron chi connectivity index (χ0n) is 12.0. The molecule has 1 aromatic carbocycles. The van der Waals surface area contributed by atoms with Crippen molar-refractivity contribution in [1.82, 2.24) is 10.2 Å². The highest BCUT2D eigenvalue weighted by atomic mass is 16.2. The lowest BCUT2D eigenvalue weighted by atomic mass is 10.0. The van der Waals surface area contributed by atoms with Crippen LogP contribution in [0.4, 0.5) is 0 Å². The van der Waals surface area contributed by atoms with Crippen LogP contribution in [0, 0.1) is 18.8 Å². The fourth-order valence-corrected chi connectivity index (χ4v) is 1.72. The quantitative estimate of drug-likeness (QED) is 0.768. The van der Waals surface area contributed by atoms with Gasteiger partial charge in [-0.15, -0.1) is 0 Å². The summed E-state index contributed by atoms with van der Waals surface area (Å²) in [6.45, 7) is 2.13. The molecule has 0 unspecified atom stereocenters. The highest BCUT2D eigenvalue weighted by Crippen LogP contribution is 2.14. The second-order valence-corrected chi connectivity index (χ2v) is 4.32. The first-order chi connectivity index (χ1) is 9.51. The average molecular weight is 273 g/mol. The Bertz CT molecular complexity index is 570. The molecule has 5 nitrogen and oxygen atoms in total. The van der Waals surface area contributed by atoms with Gasteiger partial charge in [-0.2, -0.15) is 0 Å². The predicted octanol–water partition coefficient (Wildman–Crippen LogP) is 0.123. The van der Waals surface area contributed by atoms with Gasteiger partial charge in [-0.25, -0.2) is 0 Å². The third kappa shape index (κ3) is 3.84. The molecule has 0 saturated carbocycles. The zero-order valence-corrected chi connectivity index (χ0v) is 12.0. The monoisotopic (exact) mass is 273 g/mol. The number of amides is 2. The molecule has 0 aliphatic heterocycles. The maximum Gasteiger partial charge on any atom is 0.254 e. The van der Waals surface area contributed by atoms with E-state index in [2.05, 4.69) is 17.2 Å². The van der Waals surface area contributed by atoms with Crippen molar-refractivity contribution < 1.29 is 9.59 Å². The Balaban J connectivity index is 3.02. The summed E-state index contributed by atoms with van der Waals surface area (Å²) in [5, 5.41) is 2.49. The molecule has 20 heavy (non-hydrogen) atoms. The molecule has 0 aliphatic carbocycles. The number of carbonyl (C=O) groups is 2.